The predicted molar refractivity (Wildman–Crippen MR) is 186 cm³/mol. The summed E-state index contributed by atoms with van der Waals surface area (Å²) in [5.74, 6) is 0.170. The van der Waals surface area contributed by atoms with Gasteiger partial charge in [0, 0.05) is 25.2 Å². The van der Waals surface area contributed by atoms with E-state index in [2.05, 4.69) is 24.9 Å². The average molecular weight is 597 g/mol. The lowest BCUT2D eigenvalue weighted by atomic mass is 9.69. The number of Topliss-reactive ketones (excluding diaryl/α,β-unsaturated/α-hetero) is 2. The molecule has 0 saturated carbocycles. The van der Waals surface area contributed by atoms with Crippen LogP contribution >= 0.6 is 0 Å². The van der Waals surface area contributed by atoms with E-state index in [4.69, 9.17) is 0 Å². The summed E-state index contributed by atoms with van der Waals surface area (Å²) in [4.78, 5) is 31.7. The Hall–Kier alpha value is -1.51. The highest BCUT2D eigenvalue weighted by atomic mass is 16.2. The van der Waals surface area contributed by atoms with E-state index >= 15 is 0 Å². The highest BCUT2D eigenvalue weighted by molar-refractivity contribution is 6.12. The zero-order chi connectivity index (χ0) is 31.3. The summed E-state index contributed by atoms with van der Waals surface area (Å²) >= 11 is 0. The molecular weight excluding hydrogens is 526 g/mol. The van der Waals surface area contributed by atoms with Crippen LogP contribution in [0.3, 0.4) is 0 Å². The molecule has 0 atom stereocenters. The summed E-state index contributed by atoms with van der Waals surface area (Å²) < 4.78 is 0. The van der Waals surface area contributed by atoms with Gasteiger partial charge >= 0.3 is 0 Å². The zero-order valence-corrected chi connectivity index (χ0v) is 29.0. The van der Waals surface area contributed by atoms with Gasteiger partial charge in [-0.1, -0.05) is 175 Å². The second-order valence-corrected chi connectivity index (χ2v) is 13.2. The molecule has 0 saturated heterocycles. The number of hydrogen-bond donors (Lipinski definition) is 0. The number of unbranched alkanes of at least 4 members (excludes halogenated alkanes) is 24. The monoisotopic (exact) mass is 597 g/mol. The molecule has 0 fully saturated rings. The molecule has 0 bridgehead atoms. The van der Waals surface area contributed by atoms with Crippen molar-refractivity contribution in [3.05, 3.63) is 30.1 Å². The first-order valence-corrected chi connectivity index (χ1v) is 19.0. The lowest BCUT2D eigenvalue weighted by Gasteiger charge is -2.30. The van der Waals surface area contributed by atoms with Crippen molar-refractivity contribution in [3.63, 3.8) is 0 Å². The van der Waals surface area contributed by atoms with Gasteiger partial charge in [0.1, 0.15) is 5.41 Å². The molecule has 1 aromatic rings. The minimum absolute atomic E-state index is 0.0852. The molecule has 0 N–H and O–H groups in total. The van der Waals surface area contributed by atoms with Crippen LogP contribution in [0.1, 0.15) is 213 Å². The Kier molecular flexibility index (Phi) is 25.7. The second-order valence-electron chi connectivity index (χ2n) is 13.2. The topological polar surface area (TPSA) is 47.0 Å². The highest BCUT2D eigenvalue weighted by Gasteiger charge is 2.44. The maximum absolute atomic E-state index is 13.7. The van der Waals surface area contributed by atoms with Crippen molar-refractivity contribution in [2.75, 3.05) is 0 Å². The number of aromatic nitrogens is 1. The van der Waals surface area contributed by atoms with Crippen LogP contribution in [0, 0.1) is 6.07 Å². The zero-order valence-electron chi connectivity index (χ0n) is 29.0. The van der Waals surface area contributed by atoms with Crippen LogP contribution in [0.5, 0.6) is 0 Å². The van der Waals surface area contributed by atoms with Gasteiger partial charge in [-0.05, 0) is 37.0 Å². The van der Waals surface area contributed by atoms with E-state index in [1.165, 1.54) is 141 Å². The van der Waals surface area contributed by atoms with Gasteiger partial charge in [0.15, 0.2) is 11.6 Å². The van der Waals surface area contributed by atoms with Gasteiger partial charge in [0.2, 0.25) is 0 Å². The number of pyridine rings is 1. The Balaban J connectivity index is 2.33. The minimum Gasteiger partial charge on any atom is -0.298 e. The van der Waals surface area contributed by atoms with E-state index in [1.807, 2.05) is 6.92 Å². The van der Waals surface area contributed by atoms with Gasteiger partial charge in [0.05, 0.1) is 0 Å². The van der Waals surface area contributed by atoms with E-state index in [9.17, 15) is 9.59 Å². The first-order chi connectivity index (χ1) is 21.1. The van der Waals surface area contributed by atoms with Gasteiger partial charge < -0.3 is 0 Å². The summed E-state index contributed by atoms with van der Waals surface area (Å²) in [5.41, 5.74) is -0.389. The molecular formula is C40H70NO2. The quantitative estimate of drug-likeness (QED) is 0.0614. The third-order valence-electron chi connectivity index (χ3n) is 9.56. The molecule has 3 heteroatoms. The molecule has 0 aliphatic carbocycles. The number of carbonyl (C=O) groups excluding carboxylic acids is 2. The van der Waals surface area contributed by atoms with Gasteiger partial charge in [-0.25, -0.2) is 0 Å². The van der Waals surface area contributed by atoms with Crippen molar-refractivity contribution < 1.29 is 9.59 Å². The van der Waals surface area contributed by atoms with Gasteiger partial charge in [0.25, 0.3) is 0 Å². The lowest BCUT2D eigenvalue weighted by Crippen LogP contribution is -2.43. The fraction of sp³-hybridized carbons (Fsp3) is 0.825. The molecule has 1 heterocycles. The van der Waals surface area contributed by atoms with Gasteiger partial charge in [-0.2, -0.15) is 0 Å². The van der Waals surface area contributed by atoms with Crippen molar-refractivity contribution in [2.45, 2.75) is 212 Å². The van der Waals surface area contributed by atoms with Crippen molar-refractivity contribution in [1.29, 1.82) is 0 Å². The molecule has 0 aromatic carbocycles. The summed E-state index contributed by atoms with van der Waals surface area (Å²) in [5, 5.41) is 0. The Morgan fingerprint density at radius 1 is 0.535 bits per heavy atom. The maximum atomic E-state index is 13.7. The normalized spacial score (nSPS) is 11.7. The molecule has 43 heavy (non-hydrogen) atoms. The lowest BCUT2D eigenvalue weighted by molar-refractivity contribution is -0.135. The van der Waals surface area contributed by atoms with Crippen LogP contribution < -0.4 is 0 Å². The molecule has 0 aliphatic rings. The van der Waals surface area contributed by atoms with Crippen molar-refractivity contribution in [1.82, 2.24) is 4.98 Å². The molecule has 1 aromatic heterocycles. The molecule has 3 nitrogen and oxygen atoms in total. The van der Waals surface area contributed by atoms with Crippen LogP contribution in [0.25, 0.3) is 0 Å². The third-order valence-corrected chi connectivity index (χ3v) is 9.56. The standard InChI is InChI=1S/C40H70NO2/c1-4-7-9-11-13-15-17-19-21-23-25-27-29-33-38(42)40(6-3,37-32-31-35-41-36-37)39(43)34-30-28-26-24-22-20-18-16-14-12-10-8-5-2/h31,35-36H,4-30,33-34H2,1-3H3. The predicted octanol–water partition coefficient (Wildman–Crippen LogP) is 12.6. The van der Waals surface area contributed by atoms with Crippen molar-refractivity contribution in [3.8, 4) is 0 Å². The summed E-state index contributed by atoms with van der Waals surface area (Å²) in [7, 11) is 0. The van der Waals surface area contributed by atoms with Gasteiger partial charge in [-0.3, -0.25) is 14.6 Å². The van der Waals surface area contributed by atoms with Crippen molar-refractivity contribution in [2.24, 2.45) is 0 Å². The molecule has 247 valence electrons. The molecule has 1 rings (SSSR count). The number of ketones is 2. The number of rotatable bonds is 32. The Bertz CT molecular complexity index is 732. The summed E-state index contributed by atoms with van der Waals surface area (Å²) in [6, 6.07) is 4.96. The SMILES string of the molecule is CCCCCCCCCCCCCCCC(=O)C(CC)(C(=O)CCCCCCCCCCCCCCC)c1[c]ccnc1. The molecule has 1 radical (unpaired) electrons. The van der Waals surface area contributed by atoms with Gasteiger partial charge in [-0.15, -0.1) is 0 Å². The number of hydrogen-bond acceptors (Lipinski definition) is 3. The van der Waals surface area contributed by atoms with Crippen LogP contribution in [0.4, 0.5) is 0 Å². The van der Waals surface area contributed by atoms with Crippen LogP contribution in [-0.2, 0) is 15.0 Å². The maximum Gasteiger partial charge on any atom is 0.150 e. The smallest absolute Gasteiger partial charge is 0.150 e. The van der Waals surface area contributed by atoms with Crippen molar-refractivity contribution >= 4 is 11.6 Å². The molecule has 0 aliphatic heterocycles. The molecule has 0 unspecified atom stereocenters. The third kappa shape index (κ3) is 18.1. The fourth-order valence-corrected chi connectivity index (χ4v) is 6.63. The molecule has 0 spiro atoms. The number of nitrogens with zero attached hydrogens (tertiary/aromatic N) is 1. The highest BCUT2D eigenvalue weighted by Crippen LogP contribution is 2.34. The van der Waals surface area contributed by atoms with E-state index in [0.29, 0.717) is 24.8 Å². The summed E-state index contributed by atoms with van der Waals surface area (Å²) in [6.07, 6.45) is 38.3. The van der Waals surface area contributed by atoms with E-state index in [-0.39, 0.29) is 11.6 Å². The average Bonchev–Trinajstić information content (AvgIpc) is 3.03. The van der Waals surface area contributed by atoms with Crippen LogP contribution in [0.15, 0.2) is 18.5 Å². The fourth-order valence-electron chi connectivity index (χ4n) is 6.63. The van der Waals surface area contributed by atoms with E-state index in [1.54, 1.807) is 18.5 Å². The van der Waals surface area contributed by atoms with E-state index < -0.39 is 5.41 Å². The largest absolute Gasteiger partial charge is 0.298 e. The Labute approximate surface area is 268 Å². The molecule has 0 amide bonds. The van der Waals surface area contributed by atoms with Crippen LogP contribution in [-0.4, -0.2) is 16.6 Å². The van der Waals surface area contributed by atoms with E-state index in [0.717, 1.165) is 25.7 Å². The minimum atomic E-state index is -1.07. The second kappa shape index (κ2) is 28.0. The summed E-state index contributed by atoms with van der Waals surface area (Å²) in [6.45, 7) is 6.54. The Morgan fingerprint density at radius 3 is 1.14 bits per heavy atom. The number of carbonyl (C=O) groups is 2. The van der Waals surface area contributed by atoms with Crippen LogP contribution in [0.2, 0.25) is 0 Å². The first-order valence-electron chi connectivity index (χ1n) is 19.0. The Morgan fingerprint density at radius 2 is 0.860 bits per heavy atom. The first kappa shape index (κ1) is 39.5.